The van der Waals surface area contributed by atoms with E-state index in [0.717, 1.165) is 18.7 Å². The molecule has 0 amide bonds. The van der Waals surface area contributed by atoms with E-state index in [1.54, 1.807) is 12.3 Å². The molecule has 1 aromatic rings. The van der Waals surface area contributed by atoms with Crippen LogP contribution in [0, 0.1) is 12.3 Å². The summed E-state index contributed by atoms with van der Waals surface area (Å²) in [5.74, 6) is 2.48. The van der Waals surface area contributed by atoms with Crippen LogP contribution in [0.4, 0.5) is 5.69 Å². The molecule has 0 radical (unpaired) electrons. The molecule has 1 heterocycles. The number of nitrogens with one attached hydrogen (secondary N) is 1. The smallest absolute Gasteiger partial charge is 0.268 e. The minimum absolute atomic E-state index is 0.0852. The lowest BCUT2D eigenvalue weighted by Crippen LogP contribution is -2.30. The van der Waals surface area contributed by atoms with Crippen molar-refractivity contribution in [1.82, 2.24) is 15.1 Å². The Bertz CT molecular complexity index is 461. The van der Waals surface area contributed by atoms with Crippen LogP contribution in [0.25, 0.3) is 0 Å². The molecule has 5 heteroatoms. The second-order valence-electron chi connectivity index (χ2n) is 4.08. The highest BCUT2D eigenvalue weighted by molar-refractivity contribution is 5.41. The summed E-state index contributed by atoms with van der Waals surface area (Å²) in [6.07, 6.45) is 7.88. The molecule has 1 rings (SSSR count). The topological polar surface area (TPSA) is 50.2 Å². The Morgan fingerprint density at radius 3 is 3.00 bits per heavy atom. The van der Waals surface area contributed by atoms with E-state index in [-0.39, 0.29) is 5.56 Å². The lowest BCUT2D eigenvalue weighted by atomic mass is 10.3. The minimum atomic E-state index is -0.0852. The lowest BCUT2D eigenvalue weighted by molar-refractivity contribution is 0.547. The average molecular weight is 248 g/mol. The van der Waals surface area contributed by atoms with E-state index < -0.39 is 0 Å². The van der Waals surface area contributed by atoms with Gasteiger partial charge in [-0.05, 0) is 6.42 Å². The van der Waals surface area contributed by atoms with E-state index in [4.69, 9.17) is 6.42 Å². The first kappa shape index (κ1) is 14.3. The molecule has 18 heavy (non-hydrogen) atoms. The van der Waals surface area contributed by atoms with E-state index in [9.17, 15) is 4.79 Å². The van der Waals surface area contributed by atoms with Crippen molar-refractivity contribution in [3.63, 3.8) is 0 Å². The van der Waals surface area contributed by atoms with Gasteiger partial charge in [0.2, 0.25) is 0 Å². The highest BCUT2D eigenvalue weighted by atomic mass is 16.1. The van der Waals surface area contributed by atoms with E-state index in [1.807, 2.05) is 11.9 Å². The normalized spacial score (nSPS) is 10.1. The number of aromatic nitrogens is 2. The number of hydrogen-bond acceptors (Lipinski definition) is 4. The average Bonchev–Trinajstić information content (AvgIpc) is 2.36. The standard InChI is InChI=1S/C13H20N4O/c1-4-6-14-7-9-17-13(18)10-12(11-15-17)16(3)8-5-2/h1,10-11,14H,5-9H2,2-3H3. The molecule has 0 bridgehead atoms. The molecule has 0 aliphatic carbocycles. The third-order valence-electron chi connectivity index (χ3n) is 2.58. The molecular formula is C13H20N4O. The van der Waals surface area contributed by atoms with Gasteiger partial charge >= 0.3 is 0 Å². The van der Waals surface area contributed by atoms with Gasteiger partial charge in [0.05, 0.1) is 25.0 Å². The van der Waals surface area contributed by atoms with Crippen molar-refractivity contribution in [3.05, 3.63) is 22.6 Å². The first-order valence-corrected chi connectivity index (χ1v) is 6.11. The molecule has 1 aromatic heterocycles. The van der Waals surface area contributed by atoms with Crippen LogP contribution in [0.2, 0.25) is 0 Å². The SMILES string of the molecule is C#CCNCCn1ncc(N(C)CCC)cc1=O. The maximum absolute atomic E-state index is 11.8. The van der Waals surface area contributed by atoms with Crippen molar-refractivity contribution in [2.24, 2.45) is 0 Å². The van der Waals surface area contributed by atoms with Crippen LogP contribution in [0.1, 0.15) is 13.3 Å². The van der Waals surface area contributed by atoms with Crippen LogP contribution < -0.4 is 15.8 Å². The molecule has 0 saturated heterocycles. The molecule has 0 aliphatic rings. The molecule has 0 aromatic carbocycles. The fourth-order valence-corrected chi connectivity index (χ4v) is 1.61. The van der Waals surface area contributed by atoms with Gasteiger partial charge in [0, 0.05) is 26.2 Å². The summed E-state index contributed by atoms with van der Waals surface area (Å²) in [5, 5.41) is 7.17. The first-order valence-electron chi connectivity index (χ1n) is 6.11. The molecule has 1 N–H and O–H groups in total. The quantitative estimate of drug-likeness (QED) is 0.557. The van der Waals surface area contributed by atoms with Crippen molar-refractivity contribution in [2.45, 2.75) is 19.9 Å². The summed E-state index contributed by atoms with van der Waals surface area (Å²) < 4.78 is 1.44. The second-order valence-corrected chi connectivity index (χ2v) is 4.08. The predicted molar refractivity (Wildman–Crippen MR) is 73.8 cm³/mol. The van der Waals surface area contributed by atoms with Crippen molar-refractivity contribution < 1.29 is 0 Å². The lowest BCUT2D eigenvalue weighted by Gasteiger charge is -2.17. The number of nitrogens with zero attached hydrogens (tertiary/aromatic N) is 3. The van der Waals surface area contributed by atoms with E-state index in [0.29, 0.717) is 19.6 Å². The third kappa shape index (κ3) is 4.22. The monoisotopic (exact) mass is 248 g/mol. The van der Waals surface area contributed by atoms with Gasteiger partial charge in [-0.3, -0.25) is 4.79 Å². The largest absolute Gasteiger partial charge is 0.373 e. The van der Waals surface area contributed by atoms with E-state index in [1.165, 1.54) is 4.68 Å². The summed E-state index contributed by atoms with van der Waals surface area (Å²) in [7, 11) is 1.96. The second kappa shape index (κ2) is 7.51. The maximum atomic E-state index is 11.8. The zero-order valence-electron chi connectivity index (χ0n) is 11.0. The van der Waals surface area contributed by atoms with Gasteiger partial charge < -0.3 is 10.2 Å². The van der Waals surface area contributed by atoms with Crippen LogP contribution in [-0.4, -0.2) is 36.5 Å². The van der Waals surface area contributed by atoms with Gasteiger partial charge in [0.25, 0.3) is 5.56 Å². The highest BCUT2D eigenvalue weighted by Crippen LogP contribution is 2.06. The molecule has 5 nitrogen and oxygen atoms in total. The van der Waals surface area contributed by atoms with Crippen LogP contribution >= 0.6 is 0 Å². The Kier molecular flexibility index (Phi) is 5.95. The van der Waals surface area contributed by atoms with Gasteiger partial charge in [0.1, 0.15) is 0 Å². The zero-order chi connectivity index (χ0) is 13.4. The third-order valence-corrected chi connectivity index (χ3v) is 2.58. The van der Waals surface area contributed by atoms with Crippen molar-refractivity contribution in [1.29, 1.82) is 0 Å². The Balaban J connectivity index is 2.63. The van der Waals surface area contributed by atoms with E-state index in [2.05, 4.69) is 23.3 Å². The minimum Gasteiger partial charge on any atom is -0.373 e. The van der Waals surface area contributed by atoms with Crippen LogP contribution in [0.15, 0.2) is 17.1 Å². The number of rotatable bonds is 7. The molecule has 0 atom stereocenters. The molecule has 98 valence electrons. The number of anilines is 1. The molecular weight excluding hydrogens is 228 g/mol. The highest BCUT2D eigenvalue weighted by Gasteiger charge is 2.03. The van der Waals surface area contributed by atoms with Gasteiger partial charge in [-0.2, -0.15) is 5.10 Å². The molecule has 0 spiro atoms. The Morgan fingerprint density at radius 1 is 1.61 bits per heavy atom. The van der Waals surface area contributed by atoms with Crippen LogP contribution in [0.3, 0.4) is 0 Å². The molecule has 0 fully saturated rings. The molecule has 0 saturated carbocycles. The maximum Gasteiger partial charge on any atom is 0.268 e. The predicted octanol–water partition coefficient (Wildman–Crippen LogP) is 0.312. The Hall–Kier alpha value is -1.80. The summed E-state index contributed by atoms with van der Waals surface area (Å²) in [5.41, 5.74) is 0.771. The summed E-state index contributed by atoms with van der Waals surface area (Å²) in [6.45, 7) is 4.68. The van der Waals surface area contributed by atoms with Gasteiger partial charge in [0.15, 0.2) is 0 Å². The number of hydrogen-bond donors (Lipinski definition) is 1. The fraction of sp³-hybridized carbons (Fsp3) is 0.538. The first-order chi connectivity index (χ1) is 8.69. The zero-order valence-corrected chi connectivity index (χ0v) is 11.0. The van der Waals surface area contributed by atoms with Crippen molar-refractivity contribution in [3.8, 4) is 12.3 Å². The van der Waals surface area contributed by atoms with Gasteiger partial charge in [-0.15, -0.1) is 6.42 Å². The van der Waals surface area contributed by atoms with Crippen molar-refractivity contribution >= 4 is 5.69 Å². The van der Waals surface area contributed by atoms with Gasteiger partial charge in [-0.1, -0.05) is 12.8 Å². The molecule has 0 aliphatic heterocycles. The van der Waals surface area contributed by atoms with Crippen molar-refractivity contribution in [2.75, 3.05) is 31.6 Å². The van der Waals surface area contributed by atoms with Gasteiger partial charge in [-0.25, -0.2) is 4.68 Å². The fourth-order valence-electron chi connectivity index (χ4n) is 1.61. The summed E-state index contributed by atoms with van der Waals surface area (Å²) in [6, 6.07) is 1.61. The Labute approximate surface area is 108 Å². The van der Waals surface area contributed by atoms with E-state index >= 15 is 0 Å². The summed E-state index contributed by atoms with van der Waals surface area (Å²) in [4.78, 5) is 13.8. The Morgan fingerprint density at radius 2 is 2.39 bits per heavy atom. The molecule has 0 unspecified atom stereocenters. The van der Waals surface area contributed by atoms with Crippen LogP contribution in [0.5, 0.6) is 0 Å². The van der Waals surface area contributed by atoms with Crippen LogP contribution in [-0.2, 0) is 6.54 Å². The number of terminal acetylenes is 1. The summed E-state index contributed by atoms with van der Waals surface area (Å²) >= 11 is 0.